The number of nitrogens with one attached hydrogen (secondary N) is 1. The zero-order valence-corrected chi connectivity index (χ0v) is 11.8. The Hall–Kier alpha value is -1.47. The van der Waals surface area contributed by atoms with E-state index in [9.17, 15) is 12.8 Å². The monoisotopic (exact) mass is 315 g/mol. The standard InChI is InChI=1S/C13H11ClFNO3S/c14-12-8-11(15)6-7-13(12)20(17,18)16-19-9-10-4-2-1-3-5-10/h1-8,16H,9H2. The van der Waals surface area contributed by atoms with Crippen LogP contribution in [0.2, 0.25) is 5.02 Å². The van der Waals surface area contributed by atoms with Crippen molar-refractivity contribution in [2.24, 2.45) is 0 Å². The fraction of sp³-hybridized carbons (Fsp3) is 0.0769. The topological polar surface area (TPSA) is 55.4 Å². The van der Waals surface area contributed by atoms with Crippen LogP contribution in [0.25, 0.3) is 0 Å². The Bertz CT molecular complexity index is 692. The first-order valence-corrected chi connectivity index (χ1v) is 7.48. The van der Waals surface area contributed by atoms with Crippen molar-refractivity contribution >= 4 is 21.6 Å². The second-order valence-electron chi connectivity index (χ2n) is 3.94. The molecule has 7 heteroatoms. The van der Waals surface area contributed by atoms with Gasteiger partial charge in [-0.15, -0.1) is 0 Å². The minimum Gasteiger partial charge on any atom is -0.282 e. The lowest BCUT2D eigenvalue weighted by Crippen LogP contribution is -2.24. The van der Waals surface area contributed by atoms with Crippen LogP contribution in [-0.4, -0.2) is 8.42 Å². The minimum atomic E-state index is -3.95. The summed E-state index contributed by atoms with van der Waals surface area (Å²) in [4.78, 5) is 6.64. The van der Waals surface area contributed by atoms with Gasteiger partial charge < -0.3 is 0 Å². The van der Waals surface area contributed by atoms with Crippen molar-refractivity contribution in [3.63, 3.8) is 0 Å². The lowest BCUT2D eigenvalue weighted by atomic mass is 10.2. The lowest BCUT2D eigenvalue weighted by Gasteiger charge is -2.08. The van der Waals surface area contributed by atoms with E-state index in [0.717, 1.165) is 23.8 Å². The van der Waals surface area contributed by atoms with Gasteiger partial charge >= 0.3 is 0 Å². The van der Waals surface area contributed by atoms with E-state index in [0.29, 0.717) is 0 Å². The molecule has 20 heavy (non-hydrogen) atoms. The van der Waals surface area contributed by atoms with Crippen molar-refractivity contribution in [1.29, 1.82) is 0 Å². The van der Waals surface area contributed by atoms with Crippen molar-refractivity contribution in [3.8, 4) is 0 Å². The Kier molecular flexibility index (Phi) is 4.72. The molecule has 0 atom stereocenters. The van der Waals surface area contributed by atoms with Crippen LogP contribution in [0.4, 0.5) is 4.39 Å². The first-order valence-electron chi connectivity index (χ1n) is 5.61. The molecule has 0 aliphatic rings. The molecule has 4 nitrogen and oxygen atoms in total. The van der Waals surface area contributed by atoms with Gasteiger partial charge in [0.2, 0.25) is 0 Å². The van der Waals surface area contributed by atoms with Gasteiger partial charge in [-0.1, -0.05) is 46.8 Å². The summed E-state index contributed by atoms with van der Waals surface area (Å²) >= 11 is 5.70. The van der Waals surface area contributed by atoms with Crippen LogP contribution in [0, 0.1) is 5.82 Å². The van der Waals surface area contributed by atoms with Crippen LogP contribution in [0.3, 0.4) is 0 Å². The summed E-state index contributed by atoms with van der Waals surface area (Å²) < 4.78 is 36.7. The second-order valence-corrected chi connectivity index (χ2v) is 5.96. The third-order valence-electron chi connectivity index (χ3n) is 2.43. The molecule has 0 bridgehead atoms. The average Bonchev–Trinajstić information content (AvgIpc) is 2.39. The van der Waals surface area contributed by atoms with E-state index in [2.05, 4.69) is 0 Å². The van der Waals surface area contributed by atoms with E-state index < -0.39 is 15.8 Å². The molecule has 0 spiro atoms. The number of halogens is 2. The van der Waals surface area contributed by atoms with Crippen LogP contribution in [0.15, 0.2) is 53.4 Å². The largest absolute Gasteiger partial charge is 0.282 e. The molecule has 0 saturated heterocycles. The number of benzene rings is 2. The smallest absolute Gasteiger partial charge is 0.263 e. The van der Waals surface area contributed by atoms with E-state index in [1.54, 1.807) is 12.1 Å². The van der Waals surface area contributed by atoms with E-state index in [4.69, 9.17) is 16.4 Å². The highest BCUT2D eigenvalue weighted by atomic mass is 35.5. The molecule has 0 aliphatic heterocycles. The van der Waals surface area contributed by atoms with Crippen molar-refractivity contribution in [1.82, 2.24) is 4.89 Å². The molecule has 0 radical (unpaired) electrons. The lowest BCUT2D eigenvalue weighted by molar-refractivity contribution is 0.0795. The van der Waals surface area contributed by atoms with Crippen molar-refractivity contribution in [2.45, 2.75) is 11.5 Å². The average molecular weight is 316 g/mol. The van der Waals surface area contributed by atoms with Crippen LogP contribution >= 0.6 is 11.6 Å². The predicted octanol–water partition coefficient (Wildman–Crippen LogP) is 2.89. The number of hydrogen-bond acceptors (Lipinski definition) is 3. The molecule has 0 aromatic heterocycles. The first-order chi connectivity index (χ1) is 9.49. The van der Waals surface area contributed by atoms with Crippen molar-refractivity contribution < 1.29 is 17.6 Å². The zero-order chi connectivity index (χ0) is 14.6. The van der Waals surface area contributed by atoms with Crippen LogP contribution in [0.5, 0.6) is 0 Å². The SMILES string of the molecule is O=S(=O)(NOCc1ccccc1)c1ccc(F)cc1Cl. The number of sulfonamides is 1. The fourth-order valence-corrected chi connectivity index (χ4v) is 2.84. The van der Waals surface area contributed by atoms with E-state index >= 15 is 0 Å². The molecule has 0 fully saturated rings. The fourth-order valence-electron chi connectivity index (χ4n) is 1.50. The quantitative estimate of drug-likeness (QED) is 0.863. The molecule has 2 rings (SSSR count). The highest BCUT2D eigenvalue weighted by Crippen LogP contribution is 2.21. The first kappa shape index (κ1) is 14.9. The van der Waals surface area contributed by atoms with Gasteiger partial charge in [0.25, 0.3) is 10.0 Å². The summed E-state index contributed by atoms with van der Waals surface area (Å²) in [6, 6.07) is 12.1. The molecule has 0 heterocycles. The van der Waals surface area contributed by atoms with Crippen molar-refractivity contribution in [3.05, 3.63) is 64.9 Å². The van der Waals surface area contributed by atoms with Gasteiger partial charge in [-0.2, -0.15) is 0 Å². The van der Waals surface area contributed by atoms with Crippen LogP contribution in [0.1, 0.15) is 5.56 Å². The van der Waals surface area contributed by atoms with Gasteiger partial charge in [0.05, 0.1) is 11.6 Å². The van der Waals surface area contributed by atoms with Gasteiger partial charge in [0.1, 0.15) is 10.7 Å². The van der Waals surface area contributed by atoms with E-state index in [1.807, 2.05) is 23.1 Å². The zero-order valence-electron chi connectivity index (χ0n) is 10.2. The summed E-state index contributed by atoms with van der Waals surface area (Å²) in [6.45, 7) is 0.0683. The predicted molar refractivity (Wildman–Crippen MR) is 73.0 cm³/mol. The maximum absolute atomic E-state index is 12.9. The molecule has 0 aliphatic carbocycles. The molecular formula is C13H11ClFNO3S. The van der Waals surface area contributed by atoms with Gasteiger partial charge in [-0.05, 0) is 23.8 Å². The Balaban J connectivity index is 2.04. The molecular weight excluding hydrogens is 305 g/mol. The second kappa shape index (κ2) is 6.32. The minimum absolute atomic E-state index is 0.0683. The molecule has 0 amide bonds. The third kappa shape index (κ3) is 3.77. The molecule has 0 unspecified atom stereocenters. The molecule has 106 valence electrons. The maximum atomic E-state index is 12.9. The Labute approximate surface area is 121 Å². The van der Waals surface area contributed by atoms with Crippen molar-refractivity contribution in [2.75, 3.05) is 0 Å². The maximum Gasteiger partial charge on any atom is 0.263 e. The third-order valence-corrected chi connectivity index (χ3v) is 4.13. The summed E-state index contributed by atoms with van der Waals surface area (Å²) in [5.41, 5.74) is 0.806. The highest BCUT2D eigenvalue weighted by Gasteiger charge is 2.18. The van der Waals surface area contributed by atoms with Crippen LogP contribution in [-0.2, 0) is 21.5 Å². The Morgan fingerprint density at radius 1 is 1.15 bits per heavy atom. The van der Waals surface area contributed by atoms with Gasteiger partial charge in [-0.3, -0.25) is 4.84 Å². The summed E-state index contributed by atoms with van der Waals surface area (Å²) in [6.07, 6.45) is 0. The summed E-state index contributed by atoms with van der Waals surface area (Å²) in [7, 11) is -3.95. The number of hydrogen-bond donors (Lipinski definition) is 1. The normalized spacial score (nSPS) is 11.5. The van der Waals surface area contributed by atoms with Gasteiger partial charge in [0, 0.05) is 0 Å². The van der Waals surface area contributed by atoms with Gasteiger partial charge in [-0.25, -0.2) is 12.8 Å². The Morgan fingerprint density at radius 2 is 1.85 bits per heavy atom. The number of rotatable bonds is 5. The summed E-state index contributed by atoms with van der Waals surface area (Å²) in [5, 5.41) is -0.208. The Morgan fingerprint density at radius 3 is 2.50 bits per heavy atom. The van der Waals surface area contributed by atoms with E-state index in [-0.39, 0.29) is 16.5 Å². The van der Waals surface area contributed by atoms with E-state index in [1.165, 1.54) is 0 Å². The summed E-state index contributed by atoms with van der Waals surface area (Å²) in [5.74, 6) is -0.612. The molecule has 1 N–H and O–H groups in total. The highest BCUT2D eigenvalue weighted by molar-refractivity contribution is 7.89. The van der Waals surface area contributed by atoms with Crippen LogP contribution < -0.4 is 4.89 Å². The molecule has 2 aromatic carbocycles. The van der Waals surface area contributed by atoms with Gasteiger partial charge in [0.15, 0.2) is 0 Å². The molecule has 0 saturated carbocycles. The molecule has 2 aromatic rings.